The predicted octanol–water partition coefficient (Wildman–Crippen LogP) is 2.64. The summed E-state index contributed by atoms with van der Waals surface area (Å²) in [6, 6.07) is 16.4. The molecule has 0 unspecified atom stereocenters. The fourth-order valence-corrected chi connectivity index (χ4v) is 2.96. The van der Waals surface area contributed by atoms with Crippen LogP contribution in [0.25, 0.3) is 0 Å². The van der Waals surface area contributed by atoms with E-state index in [1.165, 1.54) is 11.8 Å². The maximum atomic E-state index is 12.6. The molecule has 2 aromatic carbocycles. The van der Waals surface area contributed by atoms with Gasteiger partial charge in [-0.15, -0.1) is 6.42 Å². The van der Waals surface area contributed by atoms with E-state index >= 15 is 0 Å². The predicted molar refractivity (Wildman–Crippen MR) is 96.3 cm³/mol. The molecule has 0 saturated heterocycles. The fraction of sp³-hybridized carbons (Fsp3) is 0.211. The van der Waals surface area contributed by atoms with Crippen LogP contribution in [-0.4, -0.2) is 25.8 Å². The first-order valence-electron chi connectivity index (χ1n) is 7.56. The van der Waals surface area contributed by atoms with E-state index in [-0.39, 0.29) is 12.3 Å². The Kier molecular flexibility index (Phi) is 5.78. The van der Waals surface area contributed by atoms with Gasteiger partial charge in [0.15, 0.2) is 9.84 Å². The molecular weight excluding hydrogens is 322 g/mol. The van der Waals surface area contributed by atoms with Gasteiger partial charge in [-0.2, -0.15) is 0 Å². The van der Waals surface area contributed by atoms with Gasteiger partial charge >= 0.3 is 0 Å². The quantitative estimate of drug-likeness (QED) is 0.759. The number of terminal acetylenes is 1. The zero-order chi connectivity index (χ0) is 17.6. The molecule has 0 atom stereocenters. The number of nitrogens with zero attached hydrogens (tertiary/aromatic N) is 1. The molecule has 0 radical (unpaired) electrons. The third kappa shape index (κ3) is 4.71. The van der Waals surface area contributed by atoms with Crippen molar-refractivity contribution in [2.75, 3.05) is 16.4 Å². The number of hydrogen-bond acceptors (Lipinski definition) is 3. The Morgan fingerprint density at radius 1 is 1.12 bits per heavy atom. The van der Waals surface area contributed by atoms with E-state index in [1.54, 1.807) is 24.3 Å². The standard InChI is InChI=1S/C19H19NO3S/c1-3-16-11-8-12-18(13-16)20(14-17-9-6-5-7-10-17)19(21)15-24(22,23)4-2/h1,5-13H,4,14-15H2,2H3. The highest BCUT2D eigenvalue weighted by atomic mass is 32.2. The molecule has 0 heterocycles. The van der Waals surface area contributed by atoms with E-state index in [9.17, 15) is 13.2 Å². The Balaban J connectivity index is 2.37. The van der Waals surface area contributed by atoms with Crippen LogP contribution in [0.4, 0.5) is 5.69 Å². The average Bonchev–Trinajstić information content (AvgIpc) is 2.60. The second-order valence-electron chi connectivity index (χ2n) is 5.34. The molecule has 0 aliphatic carbocycles. The topological polar surface area (TPSA) is 54.5 Å². The highest BCUT2D eigenvalue weighted by molar-refractivity contribution is 7.92. The summed E-state index contributed by atoms with van der Waals surface area (Å²) < 4.78 is 23.7. The summed E-state index contributed by atoms with van der Waals surface area (Å²) in [7, 11) is -3.41. The Labute approximate surface area is 143 Å². The third-order valence-electron chi connectivity index (χ3n) is 3.59. The van der Waals surface area contributed by atoms with Crippen molar-refractivity contribution in [1.29, 1.82) is 0 Å². The summed E-state index contributed by atoms with van der Waals surface area (Å²) in [5.41, 5.74) is 2.13. The molecule has 0 aliphatic heterocycles. The second-order valence-corrected chi connectivity index (χ2v) is 7.69. The Morgan fingerprint density at radius 3 is 2.46 bits per heavy atom. The smallest absolute Gasteiger partial charge is 0.242 e. The molecule has 0 N–H and O–H groups in total. The summed E-state index contributed by atoms with van der Waals surface area (Å²) in [4.78, 5) is 14.1. The van der Waals surface area contributed by atoms with Crippen molar-refractivity contribution in [3.8, 4) is 12.3 Å². The molecule has 0 aromatic heterocycles. The maximum absolute atomic E-state index is 12.6. The fourth-order valence-electron chi connectivity index (χ4n) is 2.22. The van der Waals surface area contributed by atoms with Gasteiger partial charge in [-0.3, -0.25) is 4.79 Å². The van der Waals surface area contributed by atoms with Crippen molar-refractivity contribution in [1.82, 2.24) is 0 Å². The molecule has 0 aliphatic rings. The molecule has 4 nitrogen and oxygen atoms in total. The van der Waals surface area contributed by atoms with Gasteiger partial charge in [0.2, 0.25) is 5.91 Å². The van der Waals surface area contributed by atoms with Crippen molar-refractivity contribution in [3.05, 3.63) is 65.7 Å². The largest absolute Gasteiger partial charge is 0.307 e. The van der Waals surface area contributed by atoms with E-state index in [1.807, 2.05) is 30.3 Å². The molecule has 5 heteroatoms. The molecule has 24 heavy (non-hydrogen) atoms. The number of amides is 1. The lowest BCUT2D eigenvalue weighted by Crippen LogP contribution is -2.35. The number of anilines is 1. The molecule has 2 rings (SSSR count). The van der Waals surface area contributed by atoms with Gasteiger partial charge in [0.1, 0.15) is 5.75 Å². The van der Waals surface area contributed by atoms with Crippen LogP contribution in [0.1, 0.15) is 18.1 Å². The van der Waals surface area contributed by atoms with Crippen LogP contribution in [0.2, 0.25) is 0 Å². The molecule has 0 saturated carbocycles. The summed E-state index contributed by atoms with van der Waals surface area (Å²) >= 11 is 0. The molecular formula is C19H19NO3S. The number of carbonyl (C=O) groups excluding carboxylic acids is 1. The minimum absolute atomic E-state index is 0.0672. The van der Waals surface area contributed by atoms with Gasteiger partial charge in [0.25, 0.3) is 0 Å². The molecule has 1 amide bonds. The lowest BCUT2D eigenvalue weighted by molar-refractivity contribution is -0.116. The van der Waals surface area contributed by atoms with Gasteiger partial charge in [-0.1, -0.05) is 49.2 Å². The third-order valence-corrected chi connectivity index (χ3v) is 5.16. The normalized spacial score (nSPS) is 10.8. The first-order valence-corrected chi connectivity index (χ1v) is 9.38. The van der Waals surface area contributed by atoms with Crippen LogP contribution in [0, 0.1) is 12.3 Å². The second kappa shape index (κ2) is 7.80. The van der Waals surface area contributed by atoms with Crippen molar-refractivity contribution in [2.45, 2.75) is 13.5 Å². The van der Waals surface area contributed by atoms with Crippen LogP contribution in [-0.2, 0) is 21.2 Å². The summed E-state index contributed by atoms with van der Waals surface area (Å²) in [6.07, 6.45) is 5.42. The minimum atomic E-state index is -3.41. The zero-order valence-corrected chi connectivity index (χ0v) is 14.3. The first-order chi connectivity index (χ1) is 11.4. The molecule has 0 bridgehead atoms. The summed E-state index contributed by atoms with van der Waals surface area (Å²) in [6.45, 7) is 1.82. The zero-order valence-electron chi connectivity index (χ0n) is 13.5. The highest BCUT2D eigenvalue weighted by Gasteiger charge is 2.22. The van der Waals surface area contributed by atoms with Crippen molar-refractivity contribution >= 4 is 21.4 Å². The van der Waals surface area contributed by atoms with E-state index in [4.69, 9.17) is 6.42 Å². The van der Waals surface area contributed by atoms with Crippen LogP contribution in [0.5, 0.6) is 0 Å². The Bertz CT molecular complexity index is 852. The number of benzene rings is 2. The lowest BCUT2D eigenvalue weighted by Gasteiger charge is -2.23. The van der Waals surface area contributed by atoms with Crippen molar-refractivity contribution in [2.24, 2.45) is 0 Å². The first kappa shape index (κ1) is 17.8. The molecule has 0 fully saturated rings. The van der Waals surface area contributed by atoms with Crippen molar-refractivity contribution < 1.29 is 13.2 Å². The van der Waals surface area contributed by atoms with E-state index in [0.29, 0.717) is 11.3 Å². The molecule has 124 valence electrons. The van der Waals surface area contributed by atoms with Crippen LogP contribution in [0.15, 0.2) is 54.6 Å². The van der Waals surface area contributed by atoms with Gasteiger partial charge in [0, 0.05) is 17.0 Å². The number of hydrogen-bond donors (Lipinski definition) is 0. The highest BCUT2D eigenvalue weighted by Crippen LogP contribution is 2.19. The monoisotopic (exact) mass is 341 g/mol. The number of sulfone groups is 1. The molecule has 2 aromatic rings. The maximum Gasteiger partial charge on any atom is 0.242 e. The van der Waals surface area contributed by atoms with E-state index < -0.39 is 21.5 Å². The SMILES string of the molecule is C#Cc1cccc(N(Cc2ccccc2)C(=O)CS(=O)(=O)CC)c1. The number of rotatable bonds is 6. The van der Waals surface area contributed by atoms with Gasteiger partial charge in [-0.25, -0.2) is 8.42 Å². The Hall–Kier alpha value is -2.58. The van der Waals surface area contributed by atoms with E-state index in [0.717, 1.165) is 5.56 Å². The van der Waals surface area contributed by atoms with Crippen molar-refractivity contribution in [3.63, 3.8) is 0 Å². The minimum Gasteiger partial charge on any atom is -0.307 e. The van der Waals surface area contributed by atoms with Crippen LogP contribution < -0.4 is 4.90 Å². The van der Waals surface area contributed by atoms with Crippen LogP contribution >= 0.6 is 0 Å². The van der Waals surface area contributed by atoms with Gasteiger partial charge in [0.05, 0.1) is 6.54 Å². The molecule has 0 spiro atoms. The van der Waals surface area contributed by atoms with E-state index in [2.05, 4.69) is 5.92 Å². The lowest BCUT2D eigenvalue weighted by atomic mass is 10.1. The number of carbonyl (C=O) groups is 1. The Morgan fingerprint density at radius 2 is 1.83 bits per heavy atom. The van der Waals surface area contributed by atoms with Gasteiger partial charge in [-0.05, 0) is 23.8 Å². The summed E-state index contributed by atoms with van der Waals surface area (Å²) in [5.74, 6) is 1.48. The van der Waals surface area contributed by atoms with Crippen LogP contribution in [0.3, 0.4) is 0 Å². The summed E-state index contributed by atoms with van der Waals surface area (Å²) in [5, 5.41) is 0. The van der Waals surface area contributed by atoms with Gasteiger partial charge < -0.3 is 4.90 Å². The average molecular weight is 341 g/mol.